The molecule has 0 bridgehead atoms. The van der Waals surface area contributed by atoms with Crippen LogP contribution in [0.1, 0.15) is 76.5 Å². The third kappa shape index (κ3) is 10.8. The van der Waals surface area contributed by atoms with Gasteiger partial charge in [0.1, 0.15) is 11.8 Å². The molecule has 1 aliphatic heterocycles. The van der Waals surface area contributed by atoms with Crippen molar-refractivity contribution in [3.63, 3.8) is 0 Å². The lowest BCUT2D eigenvalue weighted by molar-refractivity contribution is -0.128. The second-order valence-electron chi connectivity index (χ2n) is 12.8. The van der Waals surface area contributed by atoms with E-state index in [0.29, 0.717) is 37.6 Å². The van der Waals surface area contributed by atoms with Gasteiger partial charge in [0, 0.05) is 19.1 Å². The van der Waals surface area contributed by atoms with Crippen LogP contribution < -0.4 is 20.7 Å². The van der Waals surface area contributed by atoms with Gasteiger partial charge in [0.15, 0.2) is 6.61 Å². The van der Waals surface area contributed by atoms with Gasteiger partial charge in [-0.1, -0.05) is 89.1 Å². The summed E-state index contributed by atoms with van der Waals surface area (Å²) in [6.07, 6.45) is 3.10. The monoisotopic (exact) mass is 622 g/mol. The fourth-order valence-electron chi connectivity index (χ4n) is 6.26. The standard InChI is InChI=1S/C36H54N4O5/c1-7-27(8-2)20-29(38-35(43)33(24(3)4)40-19-13-18-37-36(40)44)22-31(41)30(21-28-16-10-9-11-17-28)39-32(42)23-45-34-25(5)14-12-15-26(34)6/h9-12,14-17,24,27,29-31,33,41H,7-8,13,18-23H2,1-6H3,(H,37,44)(H,38,43)(H,39,42)/t29-,30-,31-,33-/m0/s1. The Morgan fingerprint density at radius 3 is 2.24 bits per heavy atom. The molecule has 9 nitrogen and oxygen atoms in total. The summed E-state index contributed by atoms with van der Waals surface area (Å²) in [5, 5.41) is 20.8. The number of aliphatic hydroxyl groups is 1. The van der Waals surface area contributed by atoms with Crippen molar-refractivity contribution in [3.05, 3.63) is 65.2 Å². The summed E-state index contributed by atoms with van der Waals surface area (Å²) in [6.45, 7) is 13.0. The quantitative estimate of drug-likeness (QED) is 0.200. The van der Waals surface area contributed by atoms with Gasteiger partial charge in [-0.3, -0.25) is 9.59 Å². The van der Waals surface area contributed by atoms with E-state index in [1.165, 1.54) is 0 Å². The molecule has 248 valence electrons. The number of nitrogens with zero attached hydrogens (tertiary/aromatic N) is 1. The number of urea groups is 1. The van der Waals surface area contributed by atoms with Crippen molar-refractivity contribution in [2.24, 2.45) is 11.8 Å². The van der Waals surface area contributed by atoms with E-state index in [1.54, 1.807) is 4.90 Å². The SMILES string of the molecule is CCC(CC)C[C@@H](C[C@H](O)[C@H](Cc1ccccc1)NC(=O)COc1c(C)cccc1C)NC(=O)[C@H](C(C)C)N1CCCNC1=O. The third-order valence-electron chi connectivity index (χ3n) is 8.86. The Hall–Kier alpha value is -3.59. The highest BCUT2D eigenvalue weighted by Gasteiger charge is 2.36. The van der Waals surface area contributed by atoms with Crippen molar-refractivity contribution in [3.8, 4) is 5.75 Å². The van der Waals surface area contributed by atoms with E-state index in [4.69, 9.17) is 4.74 Å². The molecule has 0 spiro atoms. The van der Waals surface area contributed by atoms with E-state index in [1.807, 2.05) is 76.2 Å². The Morgan fingerprint density at radius 1 is 0.978 bits per heavy atom. The zero-order valence-electron chi connectivity index (χ0n) is 28.0. The average molecular weight is 623 g/mol. The normalized spacial score (nSPS) is 16.1. The number of aryl methyl sites for hydroxylation is 2. The van der Waals surface area contributed by atoms with E-state index < -0.39 is 18.2 Å². The molecule has 1 aliphatic rings. The minimum absolute atomic E-state index is 0.0884. The second-order valence-corrected chi connectivity index (χ2v) is 12.8. The van der Waals surface area contributed by atoms with Gasteiger partial charge >= 0.3 is 6.03 Å². The van der Waals surface area contributed by atoms with Crippen LogP contribution in [0.25, 0.3) is 0 Å². The van der Waals surface area contributed by atoms with Crippen molar-refractivity contribution < 1.29 is 24.2 Å². The number of para-hydroxylation sites is 1. The molecule has 1 fully saturated rings. The third-order valence-corrected chi connectivity index (χ3v) is 8.86. The van der Waals surface area contributed by atoms with Crippen LogP contribution >= 0.6 is 0 Å². The molecule has 0 aliphatic carbocycles. The second kappa shape index (κ2) is 17.8. The highest BCUT2D eigenvalue weighted by Crippen LogP contribution is 2.23. The molecule has 45 heavy (non-hydrogen) atoms. The van der Waals surface area contributed by atoms with E-state index in [9.17, 15) is 19.5 Å². The van der Waals surface area contributed by atoms with Crippen molar-refractivity contribution in [1.82, 2.24) is 20.9 Å². The molecule has 0 radical (unpaired) electrons. The molecule has 1 heterocycles. The molecular formula is C36H54N4O5. The lowest BCUT2D eigenvalue weighted by Crippen LogP contribution is -2.59. The van der Waals surface area contributed by atoms with Gasteiger partial charge in [0.05, 0.1) is 12.1 Å². The van der Waals surface area contributed by atoms with Crippen molar-refractivity contribution in [2.45, 2.75) is 104 Å². The number of carbonyl (C=O) groups excluding carboxylic acids is 3. The van der Waals surface area contributed by atoms with Crippen LogP contribution in [0.4, 0.5) is 4.79 Å². The topological polar surface area (TPSA) is 120 Å². The van der Waals surface area contributed by atoms with E-state index in [2.05, 4.69) is 29.8 Å². The summed E-state index contributed by atoms with van der Waals surface area (Å²) < 4.78 is 5.90. The van der Waals surface area contributed by atoms with Crippen LogP contribution in [0.15, 0.2) is 48.5 Å². The Labute approximate surface area is 269 Å². The number of nitrogens with one attached hydrogen (secondary N) is 3. The van der Waals surface area contributed by atoms with Crippen LogP contribution in [-0.4, -0.2) is 71.8 Å². The van der Waals surface area contributed by atoms with Gasteiger partial charge in [0.25, 0.3) is 5.91 Å². The summed E-state index contributed by atoms with van der Waals surface area (Å²) in [6, 6.07) is 13.8. The van der Waals surface area contributed by atoms with Crippen LogP contribution in [0.2, 0.25) is 0 Å². The molecule has 1 saturated heterocycles. The Bertz CT molecular complexity index is 1210. The Balaban J connectivity index is 1.79. The number of amides is 4. The Kier molecular flexibility index (Phi) is 14.2. The van der Waals surface area contributed by atoms with Crippen LogP contribution in [0.3, 0.4) is 0 Å². The van der Waals surface area contributed by atoms with Gasteiger partial charge in [-0.2, -0.15) is 0 Å². The first-order valence-corrected chi connectivity index (χ1v) is 16.6. The fraction of sp³-hybridized carbons (Fsp3) is 0.583. The van der Waals surface area contributed by atoms with Gasteiger partial charge in [-0.15, -0.1) is 0 Å². The number of aliphatic hydroxyl groups excluding tert-OH is 1. The van der Waals surface area contributed by atoms with Crippen LogP contribution in [0, 0.1) is 25.7 Å². The molecule has 9 heteroatoms. The smallest absolute Gasteiger partial charge is 0.318 e. The predicted molar refractivity (Wildman–Crippen MR) is 178 cm³/mol. The maximum Gasteiger partial charge on any atom is 0.318 e. The minimum atomic E-state index is -0.940. The van der Waals surface area contributed by atoms with Gasteiger partial charge in [-0.05, 0) is 68.1 Å². The van der Waals surface area contributed by atoms with Crippen molar-refractivity contribution in [2.75, 3.05) is 19.7 Å². The molecule has 3 rings (SSSR count). The summed E-state index contributed by atoms with van der Waals surface area (Å²) in [4.78, 5) is 41.3. The predicted octanol–water partition coefficient (Wildman–Crippen LogP) is 4.91. The van der Waals surface area contributed by atoms with Crippen LogP contribution in [-0.2, 0) is 16.0 Å². The number of rotatable bonds is 17. The van der Waals surface area contributed by atoms with E-state index in [0.717, 1.165) is 36.0 Å². The van der Waals surface area contributed by atoms with Gasteiger partial charge < -0.3 is 30.7 Å². The summed E-state index contributed by atoms with van der Waals surface area (Å²) in [5.41, 5.74) is 2.88. The molecule has 2 aromatic rings. The highest BCUT2D eigenvalue weighted by atomic mass is 16.5. The lowest BCUT2D eigenvalue weighted by Gasteiger charge is -2.37. The molecule has 4 atom stereocenters. The summed E-state index contributed by atoms with van der Waals surface area (Å²) >= 11 is 0. The number of benzene rings is 2. The zero-order valence-corrected chi connectivity index (χ0v) is 28.0. The average Bonchev–Trinajstić information content (AvgIpc) is 3.00. The van der Waals surface area contributed by atoms with Gasteiger partial charge in [0.2, 0.25) is 5.91 Å². The summed E-state index contributed by atoms with van der Waals surface area (Å²) in [5.74, 6) is 0.411. The van der Waals surface area contributed by atoms with Crippen molar-refractivity contribution >= 4 is 17.8 Å². The van der Waals surface area contributed by atoms with Crippen molar-refractivity contribution in [1.29, 1.82) is 0 Å². The van der Waals surface area contributed by atoms with Gasteiger partial charge in [-0.25, -0.2) is 4.79 Å². The number of hydrogen-bond acceptors (Lipinski definition) is 5. The minimum Gasteiger partial charge on any atom is -0.483 e. The maximum atomic E-state index is 13.8. The fourth-order valence-corrected chi connectivity index (χ4v) is 6.26. The molecule has 2 aromatic carbocycles. The Morgan fingerprint density at radius 2 is 1.64 bits per heavy atom. The lowest BCUT2D eigenvalue weighted by atomic mass is 9.89. The summed E-state index contributed by atoms with van der Waals surface area (Å²) in [7, 11) is 0. The molecule has 4 amide bonds. The first kappa shape index (κ1) is 35.9. The number of carbonyl (C=O) groups is 3. The van der Waals surface area contributed by atoms with E-state index >= 15 is 0 Å². The first-order chi connectivity index (χ1) is 21.5. The maximum absolute atomic E-state index is 13.8. The van der Waals surface area contributed by atoms with Crippen LogP contribution in [0.5, 0.6) is 5.75 Å². The molecule has 0 aromatic heterocycles. The highest BCUT2D eigenvalue weighted by molar-refractivity contribution is 5.87. The zero-order chi connectivity index (χ0) is 32.9. The molecule has 0 unspecified atom stereocenters. The molecular weight excluding hydrogens is 568 g/mol. The first-order valence-electron chi connectivity index (χ1n) is 16.6. The molecule has 4 N–H and O–H groups in total. The number of hydrogen-bond donors (Lipinski definition) is 4. The number of ether oxygens (including phenoxy) is 1. The largest absolute Gasteiger partial charge is 0.483 e. The molecule has 0 saturated carbocycles. The van der Waals surface area contributed by atoms with E-state index in [-0.39, 0.29) is 42.8 Å².